The van der Waals surface area contributed by atoms with Crippen LogP contribution < -0.4 is 0 Å². The molecule has 2 N–H and O–H groups in total. The topological polar surface area (TPSA) is 40.5 Å². The van der Waals surface area contributed by atoms with E-state index < -0.39 is 17.3 Å². The number of alkyl halides is 2. The lowest BCUT2D eigenvalue weighted by molar-refractivity contribution is 0.388. The fraction of sp³-hybridized carbons (Fsp3) is 0.167. The van der Waals surface area contributed by atoms with E-state index in [9.17, 15) is 10.0 Å². The molecule has 0 spiro atoms. The predicted octanol–water partition coefficient (Wildman–Crippen LogP) is 2.24. The van der Waals surface area contributed by atoms with Gasteiger partial charge in [0.2, 0.25) is 0 Å². The Hall–Kier alpha value is -0.735. The van der Waals surface area contributed by atoms with Gasteiger partial charge in [0.1, 0.15) is 4.77 Å². The van der Waals surface area contributed by atoms with E-state index in [0.29, 0.717) is 0 Å². The molecule has 2 rings (SSSR count). The first kappa shape index (κ1) is 12.7. The van der Waals surface area contributed by atoms with Gasteiger partial charge < -0.3 is 10.0 Å². The van der Waals surface area contributed by atoms with Gasteiger partial charge in [-0.1, -0.05) is 48.6 Å². The molecule has 0 saturated carbocycles. The molecule has 0 aromatic heterocycles. The fourth-order valence-corrected chi connectivity index (χ4v) is 2.15. The molecule has 0 heterocycles. The maximum atomic E-state index is 9.22. The van der Waals surface area contributed by atoms with E-state index in [-0.39, 0.29) is 0 Å². The van der Waals surface area contributed by atoms with Crippen molar-refractivity contribution in [2.75, 3.05) is 0 Å². The average Bonchev–Trinajstić information content (AvgIpc) is 2.33. The molecular weight excluding hydrogens is 258 g/mol. The second kappa shape index (κ2) is 4.87. The van der Waals surface area contributed by atoms with Gasteiger partial charge in [-0.25, -0.2) is 0 Å². The van der Waals surface area contributed by atoms with Crippen LogP contribution in [0.3, 0.4) is 0 Å². The van der Waals surface area contributed by atoms with Crippen LogP contribution in [0.5, 0.6) is 0 Å². The molecule has 2 atom stereocenters. The van der Waals surface area contributed by atoms with Crippen LogP contribution in [0.25, 0.3) is 5.57 Å². The van der Waals surface area contributed by atoms with Crippen molar-refractivity contribution in [2.45, 2.75) is 10.2 Å². The first-order valence-electron chi connectivity index (χ1n) is 5.19. The third-order valence-corrected chi connectivity index (χ3v) is 3.92. The van der Waals surface area contributed by atoms with Crippen molar-refractivity contribution in [3.63, 3.8) is 0 Å². The van der Waals surface area contributed by atoms with E-state index in [0.717, 1.165) is 11.1 Å². The van der Waals surface area contributed by atoms with Crippen molar-refractivity contribution < 1.29 is 10.0 Å². The molecule has 17 heavy (non-hydrogen) atoms. The molecule has 0 fully saturated rings. The summed E-state index contributed by atoms with van der Waals surface area (Å²) < 4.78 is -1.36. The fourth-order valence-electron chi connectivity index (χ4n) is 1.70. The minimum absolute atomic E-state index is 0.677. The van der Waals surface area contributed by atoms with Crippen LogP contribution in [0, 0.1) is 0 Å². The third kappa shape index (κ3) is 2.43. The highest BCUT2D eigenvalue weighted by atomic mass is 35.5. The smallest absolute Gasteiger partial charge is 0.426 e. The van der Waals surface area contributed by atoms with Crippen LogP contribution in [-0.4, -0.2) is 27.3 Å². The standard InChI is InChI=1S/C12H11BCl2O2/c14-11-8-10(9-4-2-1-3-5-9)6-7-12(11,15)13(16)17/h1-8,11,16-17H. The zero-order chi connectivity index (χ0) is 12.5. The molecule has 1 aliphatic carbocycles. The Morgan fingerprint density at radius 3 is 2.35 bits per heavy atom. The molecule has 0 saturated heterocycles. The summed E-state index contributed by atoms with van der Waals surface area (Å²) in [6.07, 6.45) is 5.00. The lowest BCUT2D eigenvalue weighted by atomic mass is 9.67. The van der Waals surface area contributed by atoms with E-state index in [1.165, 1.54) is 6.08 Å². The van der Waals surface area contributed by atoms with E-state index in [1.54, 1.807) is 12.2 Å². The van der Waals surface area contributed by atoms with Gasteiger partial charge in [-0.2, -0.15) is 0 Å². The van der Waals surface area contributed by atoms with Crippen LogP contribution in [0.15, 0.2) is 48.6 Å². The summed E-state index contributed by atoms with van der Waals surface area (Å²) in [4.78, 5) is 0. The van der Waals surface area contributed by atoms with Crippen LogP contribution in [0.4, 0.5) is 0 Å². The normalized spacial score (nSPS) is 27.8. The number of halogens is 2. The highest BCUT2D eigenvalue weighted by molar-refractivity contribution is 6.64. The summed E-state index contributed by atoms with van der Waals surface area (Å²) in [6, 6.07) is 9.69. The first-order valence-corrected chi connectivity index (χ1v) is 6.01. The van der Waals surface area contributed by atoms with E-state index in [4.69, 9.17) is 23.2 Å². The van der Waals surface area contributed by atoms with Gasteiger partial charge in [0.05, 0.1) is 5.38 Å². The molecule has 5 heteroatoms. The average molecular weight is 269 g/mol. The van der Waals surface area contributed by atoms with Crippen molar-refractivity contribution in [3.05, 3.63) is 54.1 Å². The second-order valence-electron chi connectivity index (χ2n) is 3.92. The van der Waals surface area contributed by atoms with E-state index in [1.807, 2.05) is 30.3 Å². The Bertz CT molecular complexity index is 459. The van der Waals surface area contributed by atoms with Crippen molar-refractivity contribution in [1.82, 2.24) is 0 Å². The van der Waals surface area contributed by atoms with Crippen molar-refractivity contribution in [1.29, 1.82) is 0 Å². The molecule has 0 aliphatic heterocycles. The maximum Gasteiger partial charge on any atom is 0.480 e. The first-order chi connectivity index (χ1) is 8.04. The van der Waals surface area contributed by atoms with Gasteiger partial charge in [0, 0.05) is 0 Å². The largest absolute Gasteiger partial charge is 0.480 e. The van der Waals surface area contributed by atoms with Gasteiger partial charge in [0.15, 0.2) is 0 Å². The molecule has 2 nitrogen and oxygen atoms in total. The lowest BCUT2D eigenvalue weighted by Crippen LogP contribution is -2.47. The van der Waals surface area contributed by atoms with Gasteiger partial charge in [-0.3, -0.25) is 0 Å². The molecule has 0 amide bonds. The minimum Gasteiger partial charge on any atom is -0.426 e. The van der Waals surface area contributed by atoms with Crippen molar-refractivity contribution in [2.24, 2.45) is 0 Å². The molecule has 88 valence electrons. The van der Waals surface area contributed by atoms with Crippen LogP contribution >= 0.6 is 23.2 Å². The summed E-state index contributed by atoms with van der Waals surface area (Å²) in [5, 5.41) is 17.8. The summed E-state index contributed by atoms with van der Waals surface area (Å²) in [7, 11) is -1.70. The molecule has 1 aliphatic rings. The van der Waals surface area contributed by atoms with Gasteiger partial charge in [-0.05, 0) is 11.1 Å². The summed E-state index contributed by atoms with van der Waals surface area (Å²) >= 11 is 12.1. The Morgan fingerprint density at radius 2 is 1.82 bits per heavy atom. The van der Waals surface area contributed by atoms with Crippen LogP contribution in [-0.2, 0) is 0 Å². The monoisotopic (exact) mass is 268 g/mol. The van der Waals surface area contributed by atoms with Gasteiger partial charge >= 0.3 is 7.12 Å². The predicted molar refractivity (Wildman–Crippen MR) is 72.0 cm³/mol. The lowest BCUT2D eigenvalue weighted by Gasteiger charge is -2.29. The minimum atomic E-state index is -1.70. The van der Waals surface area contributed by atoms with E-state index >= 15 is 0 Å². The number of hydrogen-bond donors (Lipinski definition) is 2. The Labute approximate surface area is 110 Å². The summed E-state index contributed by atoms with van der Waals surface area (Å²) in [5.74, 6) is 0. The van der Waals surface area contributed by atoms with Crippen LogP contribution in [0.1, 0.15) is 5.56 Å². The number of allylic oxidation sites excluding steroid dienone is 4. The quantitative estimate of drug-likeness (QED) is 0.638. The van der Waals surface area contributed by atoms with Crippen LogP contribution in [0.2, 0.25) is 0 Å². The molecule has 1 aromatic carbocycles. The Morgan fingerprint density at radius 1 is 1.18 bits per heavy atom. The number of rotatable bonds is 2. The van der Waals surface area contributed by atoms with Gasteiger partial charge in [0.25, 0.3) is 0 Å². The molecule has 2 unspecified atom stereocenters. The van der Waals surface area contributed by atoms with Crippen molar-refractivity contribution >= 4 is 35.9 Å². The molecular formula is C12H11BCl2O2. The second-order valence-corrected chi connectivity index (χ2v) is 5.05. The number of benzene rings is 1. The van der Waals surface area contributed by atoms with E-state index in [2.05, 4.69) is 0 Å². The zero-order valence-corrected chi connectivity index (χ0v) is 10.4. The maximum absolute atomic E-state index is 9.22. The zero-order valence-electron chi connectivity index (χ0n) is 8.92. The van der Waals surface area contributed by atoms with Gasteiger partial charge in [-0.15, -0.1) is 23.2 Å². The molecule has 1 aromatic rings. The Balaban J connectivity index is 2.30. The Kier molecular flexibility index (Phi) is 3.64. The SMILES string of the molecule is OB(O)C1(Cl)C=CC(c2ccccc2)=CC1Cl. The summed E-state index contributed by atoms with van der Waals surface area (Å²) in [5.41, 5.74) is 1.93. The highest BCUT2D eigenvalue weighted by Gasteiger charge is 2.45. The highest BCUT2D eigenvalue weighted by Crippen LogP contribution is 2.35. The third-order valence-electron chi connectivity index (χ3n) is 2.77. The summed E-state index contributed by atoms with van der Waals surface area (Å²) in [6.45, 7) is 0. The number of hydrogen-bond acceptors (Lipinski definition) is 2. The molecule has 0 radical (unpaired) electrons. The molecule has 0 bridgehead atoms. The van der Waals surface area contributed by atoms with Crippen molar-refractivity contribution in [3.8, 4) is 0 Å².